The van der Waals surface area contributed by atoms with Crippen molar-refractivity contribution in [2.45, 2.75) is 52.5 Å². The molecule has 1 aliphatic rings. The molecule has 2 rings (SSSR count). The lowest BCUT2D eigenvalue weighted by molar-refractivity contribution is -0.910. The fraction of sp³-hybridized carbons (Fsp3) is 0.560. The lowest BCUT2D eigenvalue weighted by Crippen LogP contribution is -3.14. The molecule has 0 aromatic heterocycles. The molecular weight excluding hydrogens is 488 g/mol. The van der Waals surface area contributed by atoms with Gasteiger partial charge in [0.15, 0.2) is 11.9 Å². The predicted molar refractivity (Wildman–Crippen MR) is 126 cm³/mol. The molecule has 0 radical (unpaired) electrons. The molecule has 1 unspecified atom stereocenters. The number of esters is 1. The van der Waals surface area contributed by atoms with Crippen molar-refractivity contribution in [3.05, 3.63) is 35.4 Å². The van der Waals surface area contributed by atoms with Crippen LogP contribution in [-0.2, 0) is 28.7 Å². The Morgan fingerprint density at radius 2 is 1.38 bits per heavy atom. The van der Waals surface area contributed by atoms with Gasteiger partial charge in [-0.3, -0.25) is 0 Å². The number of hydrogen-bond donors (Lipinski definition) is 4. The number of aliphatic carboxylic acids is 4. The van der Waals surface area contributed by atoms with Gasteiger partial charge < -0.3 is 45.0 Å². The third kappa shape index (κ3) is 15.3. The molecule has 5 N–H and O–H groups in total. The van der Waals surface area contributed by atoms with Crippen molar-refractivity contribution in [2.24, 2.45) is 5.92 Å². The smallest absolute Gasteiger partial charge is 0.369 e. The number of carboxylic acids is 4. The van der Waals surface area contributed by atoms with E-state index in [1.165, 1.54) is 18.4 Å². The summed E-state index contributed by atoms with van der Waals surface area (Å²) >= 11 is 0. The van der Waals surface area contributed by atoms with Crippen molar-refractivity contribution in [1.29, 1.82) is 0 Å². The summed E-state index contributed by atoms with van der Waals surface area (Å²) in [6, 6.07) is 8.24. The van der Waals surface area contributed by atoms with Gasteiger partial charge in [-0.05, 0) is 44.1 Å². The molecule has 208 valence electrons. The number of carbonyl (C=O) groups is 5. The van der Waals surface area contributed by atoms with Crippen LogP contribution in [0.5, 0.6) is 0 Å². The molecule has 0 saturated heterocycles. The molecule has 1 atom stereocenters. The topological polar surface area (TPSA) is 202 Å². The summed E-state index contributed by atoms with van der Waals surface area (Å²) in [5.74, 6) is -6.99. The van der Waals surface area contributed by atoms with Gasteiger partial charge in [0.1, 0.15) is 13.1 Å². The molecule has 1 fully saturated rings. The van der Waals surface area contributed by atoms with Crippen LogP contribution < -0.4 is 20.4 Å². The van der Waals surface area contributed by atoms with E-state index in [-0.39, 0.29) is 12.0 Å². The summed E-state index contributed by atoms with van der Waals surface area (Å²) in [7, 11) is 0. The maximum absolute atomic E-state index is 12.6. The summed E-state index contributed by atoms with van der Waals surface area (Å²) in [5.41, 5.74) is 2.36. The number of likely N-dealkylation sites (N-methyl/N-ethyl adjacent to an activating group) is 1. The first-order chi connectivity index (χ1) is 17.3. The van der Waals surface area contributed by atoms with E-state index in [1.54, 1.807) is 4.90 Å². The van der Waals surface area contributed by atoms with Gasteiger partial charge in [-0.25, -0.2) is 14.4 Å². The SMILES string of the molecule is CC[NH+](CC)CC[NH2+]C(C(=O)OCC1CC1)c1ccc(C(C)C)cc1.O=C([O-])C(=O)O.O=C([O-])C(=O)O. The highest BCUT2D eigenvalue weighted by Crippen LogP contribution is 2.29. The Bertz CT molecular complexity index is 830. The maximum atomic E-state index is 12.6. The summed E-state index contributed by atoms with van der Waals surface area (Å²) in [6.07, 6.45) is 2.41. The zero-order valence-electron chi connectivity index (χ0n) is 21.7. The average Bonchev–Trinajstić information content (AvgIpc) is 3.68. The van der Waals surface area contributed by atoms with E-state index in [1.807, 2.05) is 0 Å². The Morgan fingerprint density at radius 3 is 1.73 bits per heavy atom. The molecule has 1 saturated carbocycles. The summed E-state index contributed by atoms with van der Waals surface area (Å²) in [4.78, 5) is 50.3. The van der Waals surface area contributed by atoms with Gasteiger partial charge in [0.05, 0.1) is 19.7 Å². The zero-order chi connectivity index (χ0) is 28.5. The van der Waals surface area contributed by atoms with E-state index < -0.39 is 23.9 Å². The fourth-order valence-corrected chi connectivity index (χ4v) is 3.09. The number of ether oxygens (including phenoxy) is 1. The summed E-state index contributed by atoms with van der Waals surface area (Å²) < 4.78 is 5.59. The minimum atomic E-state index is -2.07. The van der Waals surface area contributed by atoms with Crippen LogP contribution in [0.25, 0.3) is 0 Å². The minimum Gasteiger partial charge on any atom is -0.539 e. The van der Waals surface area contributed by atoms with E-state index in [0.717, 1.165) is 31.7 Å². The number of carboxylic acid groups (broad SMARTS) is 4. The molecule has 37 heavy (non-hydrogen) atoms. The highest BCUT2D eigenvalue weighted by molar-refractivity contribution is 6.26. The van der Waals surface area contributed by atoms with Gasteiger partial charge >= 0.3 is 17.9 Å². The molecule has 1 aromatic rings. The van der Waals surface area contributed by atoms with Crippen molar-refractivity contribution in [2.75, 3.05) is 32.8 Å². The first-order valence-corrected chi connectivity index (χ1v) is 12.2. The van der Waals surface area contributed by atoms with Crippen LogP contribution in [0.2, 0.25) is 0 Å². The Morgan fingerprint density at radius 1 is 0.946 bits per heavy atom. The molecule has 1 aromatic carbocycles. The monoisotopic (exact) mass is 526 g/mol. The van der Waals surface area contributed by atoms with Gasteiger partial charge in [-0.2, -0.15) is 0 Å². The number of quaternary nitrogens is 2. The summed E-state index contributed by atoms with van der Waals surface area (Å²) in [5, 5.41) is 34.8. The second-order valence-corrected chi connectivity index (χ2v) is 8.79. The van der Waals surface area contributed by atoms with Crippen molar-refractivity contribution in [3.8, 4) is 0 Å². The Hall–Kier alpha value is -3.51. The van der Waals surface area contributed by atoms with Gasteiger partial charge in [0, 0.05) is 5.56 Å². The Labute approximate surface area is 216 Å². The van der Waals surface area contributed by atoms with E-state index >= 15 is 0 Å². The predicted octanol–water partition coefficient (Wildman–Crippen LogP) is -3.07. The zero-order valence-corrected chi connectivity index (χ0v) is 21.7. The molecular formula is C25H38N2O10. The fourth-order valence-electron chi connectivity index (χ4n) is 3.09. The molecule has 0 amide bonds. The number of carbonyl (C=O) groups excluding carboxylic acids is 3. The number of hydrogen-bond acceptors (Lipinski definition) is 8. The van der Waals surface area contributed by atoms with Gasteiger partial charge in [-0.15, -0.1) is 0 Å². The van der Waals surface area contributed by atoms with Crippen LogP contribution in [0.1, 0.15) is 63.6 Å². The van der Waals surface area contributed by atoms with Gasteiger partial charge in [-0.1, -0.05) is 38.1 Å². The standard InChI is InChI=1S/C21H34N2O2.2C2H2O4/c1-5-23(6-2)14-13-22-20(21(24)25-15-17-7-8-17)19-11-9-18(10-12-19)16(3)4;2*3-1(4)2(5)6/h9-12,16-17,20,22H,5-8,13-15H2,1-4H3;2*(H,3,4)(H,5,6). The lowest BCUT2D eigenvalue weighted by Gasteiger charge is -2.18. The van der Waals surface area contributed by atoms with Crippen molar-refractivity contribution in [3.63, 3.8) is 0 Å². The van der Waals surface area contributed by atoms with E-state index in [0.29, 0.717) is 18.4 Å². The van der Waals surface area contributed by atoms with Crippen molar-refractivity contribution < 1.29 is 59.4 Å². The Kier molecular flexibility index (Phi) is 16.2. The van der Waals surface area contributed by atoms with Crippen LogP contribution in [0.15, 0.2) is 24.3 Å². The second kappa shape index (κ2) is 17.8. The first kappa shape index (κ1) is 33.5. The number of benzene rings is 1. The van der Waals surface area contributed by atoms with Crippen LogP contribution in [0.4, 0.5) is 0 Å². The van der Waals surface area contributed by atoms with Crippen molar-refractivity contribution >= 4 is 29.8 Å². The van der Waals surface area contributed by atoms with E-state index in [9.17, 15) is 4.79 Å². The van der Waals surface area contributed by atoms with Gasteiger partial charge in [0.2, 0.25) is 6.04 Å². The minimum absolute atomic E-state index is 0.0845. The third-order valence-electron chi connectivity index (χ3n) is 5.62. The van der Waals surface area contributed by atoms with E-state index in [2.05, 4.69) is 57.3 Å². The molecule has 0 aliphatic heterocycles. The normalized spacial score (nSPS) is 12.9. The number of nitrogens with two attached hydrogens (primary N) is 1. The second-order valence-electron chi connectivity index (χ2n) is 8.79. The van der Waals surface area contributed by atoms with Crippen molar-refractivity contribution in [1.82, 2.24) is 0 Å². The van der Waals surface area contributed by atoms with Crippen LogP contribution in [-0.4, -0.2) is 72.8 Å². The number of nitrogens with one attached hydrogen (secondary N) is 1. The van der Waals surface area contributed by atoms with E-state index in [4.69, 9.17) is 44.3 Å². The molecule has 12 nitrogen and oxygen atoms in total. The molecule has 0 bridgehead atoms. The molecule has 0 spiro atoms. The number of rotatable bonds is 11. The average molecular weight is 527 g/mol. The summed E-state index contributed by atoms with van der Waals surface area (Å²) in [6.45, 7) is 13.7. The van der Waals surface area contributed by atoms with Crippen LogP contribution >= 0.6 is 0 Å². The first-order valence-electron chi connectivity index (χ1n) is 12.2. The van der Waals surface area contributed by atoms with Crippen LogP contribution in [0.3, 0.4) is 0 Å². The van der Waals surface area contributed by atoms with Crippen LogP contribution in [0, 0.1) is 5.92 Å². The highest BCUT2D eigenvalue weighted by atomic mass is 16.5. The lowest BCUT2D eigenvalue weighted by atomic mass is 9.99. The highest BCUT2D eigenvalue weighted by Gasteiger charge is 2.29. The molecule has 12 heteroatoms. The molecule has 1 aliphatic carbocycles. The maximum Gasteiger partial charge on any atom is 0.369 e. The quantitative estimate of drug-likeness (QED) is 0.169. The van der Waals surface area contributed by atoms with Gasteiger partial charge in [0.25, 0.3) is 0 Å². The largest absolute Gasteiger partial charge is 0.539 e. The third-order valence-corrected chi connectivity index (χ3v) is 5.62. The molecule has 0 heterocycles. The Balaban J connectivity index is 0.000000896.